The normalized spacial score (nSPS) is 16.4. The van der Waals surface area contributed by atoms with E-state index >= 15 is 0 Å². The molecule has 0 aliphatic carbocycles. The first-order chi connectivity index (χ1) is 18.3. The van der Waals surface area contributed by atoms with E-state index in [2.05, 4.69) is 0 Å². The van der Waals surface area contributed by atoms with Crippen LogP contribution in [0.3, 0.4) is 0 Å². The van der Waals surface area contributed by atoms with E-state index in [1.54, 1.807) is 48.2 Å². The smallest absolute Gasteiger partial charge is 0.258 e. The van der Waals surface area contributed by atoms with Gasteiger partial charge in [-0.05, 0) is 86.3 Å². The van der Waals surface area contributed by atoms with Crippen LogP contribution in [0.15, 0.2) is 72.8 Å². The van der Waals surface area contributed by atoms with E-state index in [4.69, 9.17) is 22.1 Å². The molecule has 3 aromatic carbocycles. The fourth-order valence-corrected chi connectivity index (χ4v) is 5.07. The molecule has 0 saturated carbocycles. The number of nitrogens with zero attached hydrogens (tertiary/aromatic N) is 2. The number of para-hydroxylation sites is 1. The second kappa shape index (κ2) is 12.1. The van der Waals surface area contributed by atoms with Crippen LogP contribution >= 0.6 is 11.6 Å². The van der Waals surface area contributed by atoms with E-state index in [9.17, 15) is 14.4 Å². The zero-order valence-electron chi connectivity index (χ0n) is 21.6. The number of benzene rings is 3. The Morgan fingerprint density at radius 2 is 1.68 bits per heavy atom. The number of hydrogen-bond acceptors (Lipinski definition) is 4. The number of ether oxygens (including phenoxy) is 1. The number of carbonyl (C=O) groups excluding carboxylic acids is 3. The number of anilines is 2. The molecule has 0 fully saturated rings. The lowest BCUT2D eigenvalue weighted by Gasteiger charge is -2.43. The minimum atomic E-state index is -0.313. The lowest BCUT2D eigenvalue weighted by Crippen LogP contribution is -2.47. The molecule has 0 bridgehead atoms. The Labute approximate surface area is 228 Å². The molecule has 198 valence electrons. The Morgan fingerprint density at radius 1 is 1.00 bits per heavy atom. The number of fused-ring (bicyclic) bond motifs is 1. The second-order valence-electron chi connectivity index (χ2n) is 9.50. The van der Waals surface area contributed by atoms with E-state index in [0.717, 1.165) is 23.4 Å². The highest BCUT2D eigenvalue weighted by Gasteiger charge is 2.38. The summed E-state index contributed by atoms with van der Waals surface area (Å²) in [5, 5.41) is 0.603. The largest absolute Gasteiger partial charge is 0.494 e. The molecule has 7 nitrogen and oxygen atoms in total. The fourth-order valence-electron chi connectivity index (χ4n) is 4.94. The summed E-state index contributed by atoms with van der Waals surface area (Å²) in [6.07, 6.45) is 2.33. The minimum Gasteiger partial charge on any atom is -0.494 e. The molecule has 2 N–H and O–H groups in total. The predicted octanol–water partition coefficient (Wildman–Crippen LogP) is 5.91. The molecule has 0 saturated heterocycles. The highest BCUT2D eigenvalue weighted by molar-refractivity contribution is 6.30. The fraction of sp³-hybridized carbons (Fsp3) is 0.300. The van der Waals surface area contributed by atoms with Crippen LogP contribution in [0.2, 0.25) is 5.02 Å². The van der Waals surface area contributed by atoms with Gasteiger partial charge in [0, 0.05) is 41.3 Å². The van der Waals surface area contributed by atoms with Gasteiger partial charge < -0.3 is 20.3 Å². The number of carbonyl (C=O) groups is 3. The van der Waals surface area contributed by atoms with Crippen molar-refractivity contribution < 1.29 is 19.1 Å². The molecule has 3 aromatic rings. The van der Waals surface area contributed by atoms with Crippen LogP contribution in [-0.4, -0.2) is 30.4 Å². The lowest BCUT2D eigenvalue weighted by atomic mass is 9.89. The molecule has 3 amide bonds. The maximum Gasteiger partial charge on any atom is 0.258 e. The molecular weight excluding hydrogens is 502 g/mol. The maximum absolute atomic E-state index is 13.7. The van der Waals surface area contributed by atoms with Crippen molar-refractivity contribution in [1.82, 2.24) is 0 Å². The lowest BCUT2D eigenvalue weighted by molar-refractivity contribution is -0.118. The summed E-state index contributed by atoms with van der Waals surface area (Å²) in [4.78, 5) is 41.0. The summed E-state index contributed by atoms with van der Waals surface area (Å²) in [6, 6.07) is 21.7. The summed E-state index contributed by atoms with van der Waals surface area (Å²) in [6.45, 7) is 4.03. The summed E-state index contributed by atoms with van der Waals surface area (Å²) < 4.78 is 5.73. The average Bonchev–Trinajstić information content (AvgIpc) is 2.89. The number of amides is 3. The molecule has 1 heterocycles. The van der Waals surface area contributed by atoms with Crippen LogP contribution in [0.1, 0.15) is 61.5 Å². The van der Waals surface area contributed by atoms with Crippen molar-refractivity contribution in [2.75, 3.05) is 16.4 Å². The van der Waals surface area contributed by atoms with E-state index in [0.29, 0.717) is 42.2 Å². The SMILES string of the molecule is CC(=O)N(c1ccc(Cl)cc1)C1CC(C)N(C(=O)c2ccc(OCCCCC(N)=O)cc2)c2ccccc21. The third kappa shape index (κ3) is 6.17. The summed E-state index contributed by atoms with van der Waals surface area (Å²) in [5.74, 6) is 0.154. The van der Waals surface area contributed by atoms with Gasteiger partial charge in [0.25, 0.3) is 5.91 Å². The third-order valence-corrected chi connectivity index (χ3v) is 6.97. The first-order valence-electron chi connectivity index (χ1n) is 12.7. The van der Waals surface area contributed by atoms with E-state index in [1.807, 2.05) is 48.2 Å². The van der Waals surface area contributed by atoms with Gasteiger partial charge in [0.15, 0.2) is 0 Å². The summed E-state index contributed by atoms with van der Waals surface area (Å²) in [7, 11) is 0. The van der Waals surface area contributed by atoms with Crippen LogP contribution in [0, 0.1) is 0 Å². The molecule has 1 aliphatic heterocycles. The van der Waals surface area contributed by atoms with Crippen molar-refractivity contribution in [3.8, 4) is 5.75 Å². The van der Waals surface area contributed by atoms with Gasteiger partial charge >= 0.3 is 0 Å². The second-order valence-corrected chi connectivity index (χ2v) is 9.93. The van der Waals surface area contributed by atoms with Gasteiger partial charge in [0.05, 0.1) is 12.6 Å². The van der Waals surface area contributed by atoms with Crippen LogP contribution in [0.5, 0.6) is 5.75 Å². The number of unbranched alkanes of at least 4 members (excludes halogenated alkanes) is 1. The molecule has 8 heteroatoms. The Kier molecular flexibility index (Phi) is 8.69. The van der Waals surface area contributed by atoms with Gasteiger partial charge in [0.2, 0.25) is 11.8 Å². The Balaban J connectivity index is 1.55. The third-order valence-electron chi connectivity index (χ3n) is 6.72. The van der Waals surface area contributed by atoms with Crippen molar-refractivity contribution in [3.63, 3.8) is 0 Å². The highest BCUT2D eigenvalue weighted by atomic mass is 35.5. The average molecular weight is 534 g/mol. The van der Waals surface area contributed by atoms with Crippen molar-refractivity contribution in [2.24, 2.45) is 5.73 Å². The van der Waals surface area contributed by atoms with Gasteiger partial charge in [-0.1, -0.05) is 29.8 Å². The van der Waals surface area contributed by atoms with Gasteiger partial charge in [-0.25, -0.2) is 0 Å². The van der Waals surface area contributed by atoms with Crippen molar-refractivity contribution in [3.05, 3.63) is 88.9 Å². The number of halogens is 1. The van der Waals surface area contributed by atoms with Gasteiger partial charge in [0.1, 0.15) is 5.75 Å². The van der Waals surface area contributed by atoms with Crippen molar-refractivity contribution >= 4 is 40.7 Å². The van der Waals surface area contributed by atoms with Crippen molar-refractivity contribution in [2.45, 2.75) is 51.6 Å². The molecule has 2 unspecified atom stereocenters. The molecule has 0 radical (unpaired) electrons. The number of primary amides is 1. The molecular formula is C30H32ClN3O4. The number of nitrogens with two attached hydrogens (primary N) is 1. The molecule has 0 spiro atoms. The first kappa shape index (κ1) is 27.2. The Bertz CT molecular complexity index is 1290. The topological polar surface area (TPSA) is 92.9 Å². The number of hydrogen-bond donors (Lipinski definition) is 1. The quantitative estimate of drug-likeness (QED) is 0.346. The van der Waals surface area contributed by atoms with Gasteiger partial charge in [-0.15, -0.1) is 0 Å². The minimum absolute atomic E-state index is 0.0793. The van der Waals surface area contributed by atoms with Crippen LogP contribution in [0.4, 0.5) is 11.4 Å². The van der Waals surface area contributed by atoms with Gasteiger partial charge in [-0.2, -0.15) is 0 Å². The molecule has 4 rings (SSSR count). The standard InChI is InChI=1S/C30H32ClN3O4/c1-20-19-28(34(21(2)35)24-14-12-23(31)13-15-24)26-7-3-4-8-27(26)33(20)30(37)22-10-16-25(17-11-22)38-18-6-5-9-29(32)36/h3-4,7-8,10-17,20,28H,5-6,9,18-19H2,1-2H3,(H2,32,36). The van der Waals surface area contributed by atoms with Crippen LogP contribution in [-0.2, 0) is 9.59 Å². The van der Waals surface area contributed by atoms with E-state index in [-0.39, 0.29) is 29.8 Å². The zero-order chi connectivity index (χ0) is 27.2. The Hall–Kier alpha value is -3.84. The molecule has 2 atom stereocenters. The van der Waals surface area contributed by atoms with Crippen molar-refractivity contribution in [1.29, 1.82) is 0 Å². The maximum atomic E-state index is 13.7. The highest BCUT2D eigenvalue weighted by Crippen LogP contribution is 2.43. The summed E-state index contributed by atoms with van der Waals surface area (Å²) >= 11 is 6.09. The molecule has 38 heavy (non-hydrogen) atoms. The van der Waals surface area contributed by atoms with E-state index < -0.39 is 0 Å². The number of rotatable bonds is 9. The molecule has 1 aliphatic rings. The Morgan fingerprint density at radius 3 is 2.34 bits per heavy atom. The summed E-state index contributed by atoms with van der Waals surface area (Å²) in [5.41, 5.74) is 8.18. The zero-order valence-corrected chi connectivity index (χ0v) is 22.4. The van der Waals surface area contributed by atoms with Gasteiger partial charge in [-0.3, -0.25) is 14.4 Å². The monoisotopic (exact) mass is 533 g/mol. The van der Waals surface area contributed by atoms with Crippen LogP contribution in [0.25, 0.3) is 0 Å². The predicted molar refractivity (Wildman–Crippen MR) is 150 cm³/mol. The first-order valence-corrected chi connectivity index (χ1v) is 13.1. The van der Waals surface area contributed by atoms with Crippen LogP contribution < -0.4 is 20.3 Å². The van der Waals surface area contributed by atoms with E-state index in [1.165, 1.54) is 0 Å². The molecule has 0 aromatic heterocycles.